The number of carbonyl (C=O) groups is 3. The fraction of sp³-hybridized carbons (Fsp3) is 0.348. The van der Waals surface area contributed by atoms with Crippen LogP contribution in [0.2, 0.25) is 0 Å². The van der Waals surface area contributed by atoms with Crippen LogP contribution in [0.5, 0.6) is 5.75 Å². The molecule has 3 aromatic rings. The van der Waals surface area contributed by atoms with Gasteiger partial charge in [-0.2, -0.15) is 4.98 Å². The van der Waals surface area contributed by atoms with Crippen molar-refractivity contribution in [2.24, 2.45) is 5.92 Å². The number of likely N-dealkylation sites (N-methyl/N-ethyl adjacent to an activating group) is 1. The number of anilines is 3. The van der Waals surface area contributed by atoms with Crippen LogP contribution in [0.25, 0.3) is 11.5 Å². The number of rotatable bonds is 11. The molecule has 6 radical (unpaired) electrons. The van der Waals surface area contributed by atoms with E-state index in [9.17, 15) is 14.4 Å². The number of amides is 3. The molecule has 13 nitrogen and oxygen atoms in total. The summed E-state index contributed by atoms with van der Waals surface area (Å²) in [6, 6.07) is 6.45. The molecule has 1 saturated carbocycles. The first-order valence-corrected chi connectivity index (χ1v) is 12.0. The number of benzene rings is 1. The van der Waals surface area contributed by atoms with Gasteiger partial charge >= 0.3 is 0 Å². The summed E-state index contributed by atoms with van der Waals surface area (Å²) in [7, 11) is 18.0. The Bertz CT molecular complexity index is 1390. The Morgan fingerprint density at radius 2 is 1.92 bits per heavy atom. The molecule has 4 rings (SSSR count). The molecule has 2 aromatic heterocycles. The van der Waals surface area contributed by atoms with Crippen molar-refractivity contribution in [3.05, 3.63) is 35.8 Å². The van der Waals surface area contributed by atoms with Crippen LogP contribution in [0.1, 0.15) is 36.1 Å². The molecule has 1 aliphatic carbocycles. The van der Waals surface area contributed by atoms with Gasteiger partial charge in [0.2, 0.25) is 11.8 Å². The zero-order valence-electron chi connectivity index (χ0n) is 21.3. The Morgan fingerprint density at radius 1 is 1.15 bits per heavy atom. The number of carbonyl (C=O) groups excluding carboxylic acids is 3. The summed E-state index contributed by atoms with van der Waals surface area (Å²) < 4.78 is 11.0. The molecule has 3 amide bonds. The third-order valence-corrected chi connectivity index (χ3v) is 5.42. The monoisotopic (exact) mass is 524 g/mol. The van der Waals surface area contributed by atoms with E-state index in [2.05, 4.69) is 41.6 Å². The maximum atomic E-state index is 12.8. The van der Waals surface area contributed by atoms with Crippen LogP contribution in [0.3, 0.4) is 0 Å². The highest BCUT2D eigenvalue weighted by molar-refractivity contribution is 6.60. The van der Waals surface area contributed by atoms with Gasteiger partial charge in [0.15, 0.2) is 23.1 Å². The van der Waals surface area contributed by atoms with E-state index >= 15 is 0 Å². The lowest BCUT2D eigenvalue weighted by molar-refractivity contribution is -0.120. The normalized spacial score (nSPS) is 12.9. The third kappa shape index (κ3) is 7.15. The van der Waals surface area contributed by atoms with Gasteiger partial charge in [0.25, 0.3) is 11.8 Å². The second-order valence-corrected chi connectivity index (χ2v) is 8.80. The second-order valence-electron chi connectivity index (χ2n) is 8.80. The Balaban J connectivity index is 1.67. The average molecular weight is 524 g/mol. The second kappa shape index (κ2) is 11.6. The molecule has 1 fully saturated rings. The number of hydrogen-bond donors (Lipinski definition) is 4. The van der Waals surface area contributed by atoms with E-state index in [1.165, 1.54) is 13.2 Å². The van der Waals surface area contributed by atoms with Crippen LogP contribution in [0.4, 0.5) is 17.2 Å². The van der Waals surface area contributed by atoms with Crippen molar-refractivity contribution >= 4 is 58.5 Å². The number of nitrogens with one attached hydrogen (secondary N) is 4. The first kappa shape index (κ1) is 27.7. The minimum atomic E-state index is -2.02. The fourth-order valence-electron chi connectivity index (χ4n) is 3.55. The van der Waals surface area contributed by atoms with Gasteiger partial charge in [-0.3, -0.25) is 14.4 Å². The van der Waals surface area contributed by atoms with Crippen LogP contribution >= 0.6 is 0 Å². The quantitative estimate of drug-likeness (QED) is 0.253. The van der Waals surface area contributed by atoms with E-state index in [0.717, 1.165) is 12.8 Å². The summed E-state index contributed by atoms with van der Waals surface area (Å²) in [5, 5.41) is 20.3. The lowest BCUT2D eigenvalue weighted by Crippen LogP contribution is -2.50. The molecular weight excluding hydrogens is 501 g/mol. The van der Waals surface area contributed by atoms with Gasteiger partial charge in [-0.1, -0.05) is 16.5 Å². The molecule has 0 spiro atoms. The third-order valence-electron chi connectivity index (χ3n) is 5.42. The van der Waals surface area contributed by atoms with E-state index in [0.29, 0.717) is 17.8 Å². The van der Waals surface area contributed by atoms with Crippen LogP contribution in [0.15, 0.2) is 28.8 Å². The van der Waals surface area contributed by atoms with Gasteiger partial charge in [-0.25, -0.2) is 0 Å². The van der Waals surface area contributed by atoms with Crippen LogP contribution in [0, 0.1) is 5.92 Å². The standard InChI is InChI=1S/C23H23B3N8O5/c1-3-27-17(35)10-16-30-22(39-34-16)12-5-4-6-13(19(12)38-2)28-14-9-15(29-20(36)11-7-8-11)32-33-18(14)21(37)31-23(24,25)26/h4-6,9,11H,3,7-8,10H2,1-2H3,(H,27,35)(H,31,37)(H2,28,29,32,36). The summed E-state index contributed by atoms with van der Waals surface area (Å²) >= 11 is 0. The van der Waals surface area contributed by atoms with Crippen molar-refractivity contribution in [1.82, 2.24) is 31.0 Å². The molecule has 0 aliphatic heterocycles. The highest BCUT2D eigenvalue weighted by atomic mass is 16.5. The number of hydrogen-bond acceptors (Lipinski definition) is 10. The Morgan fingerprint density at radius 3 is 2.59 bits per heavy atom. The SMILES string of the molecule is [B]C([B])([B])NC(=O)c1nnc(NC(=O)C2CC2)cc1Nc1cccc(-c2nc(CC(=O)NCC)no2)c1OC. The van der Waals surface area contributed by atoms with E-state index in [-0.39, 0.29) is 58.8 Å². The zero-order chi connectivity index (χ0) is 28.2. The summed E-state index contributed by atoms with van der Waals surface area (Å²) in [4.78, 5) is 41.3. The molecule has 0 unspecified atom stereocenters. The van der Waals surface area contributed by atoms with E-state index in [4.69, 9.17) is 32.8 Å². The smallest absolute Gasteiger partial charge is 0.272 e. The topological polar surface area (TPSA) is 173 Å². The Kier molecular flexibility index (Phi) is 8.22. The van der Waals surface area contributed by atoms with Crippen LogP contribution < -0.4 is 26.0 Å². The number of para-hydroxylation sites is 1. The van der Waals surface area contributed by atoms with Crippen LogP contribution in [-0.2, 0) is 16.0 Å². The molecular formula is C23H23B3N8O5. The summed E-state index contributed by atoms with van der Waals surface area (Å²) in [5.41, 5.74) is 0.715. The Hall–Kier alpha value is -4.36. The first-order chi connectivity index (χ1) is 18.6. The van der Waals surface area contributed by atoms with Gasteiger partial charge in [0.05, 0.1) is 54.0 Å². The molecule has 1 aliphatic rings. The molecule has 0 saturated heterocycles. The van der Waals surface area contributed by atoms with E-state index in [1.54, 1.807) is 25.1 Å². The molecule has 16 heteroatoms. The average Bonchev–Trinajstić information content (AvgIpc) is 3.62. The van der Waals surface area contributed by atoms with Gasteiger partial charge in [0, 0.05) is 18.5 Å². The van der Waals surface area contributed by atoms with Crippen molar-refractivity contribution in [3.63, 3.8) is 0 Å². The summed E-state index contributed by atoms with van der Waals surface area (Å²) in [6.07, 6.45) is 1.53. The van der Waals surface area contributed by atoms with Crippen molar-refractivity contribution < 1.29 is 23.6 Å². The largest absolute Gasteiger partial charge is 0.494 e. The number of ether oxygens (including phenoxy) is 1. The predicted octanol–water partition coefficient (Wildman–Crippen LogP) is 0.153. The van der Waals surface area contributed by atoms with E-state index in [1.807, 2.05) is 0 Å². The van der Waals surface area contributed by atoms with Crippen LogP contribution in [-0.4, -0.2) is 80.5 Å². The predicted molar refractivity (Wildman–Crippen MR) is 143 cm³/mol. The molecule has 194 valence electrons. The molecule has 0 atom stereocenters. The van der Waals surface area contributed by atoms with Gasteiger partial charge < -0.3 is 30.5 Å². The highest BCUT2D eigenvalue weighted by Gasteiger charge is 2.30. The number of nitrogens with zero attached hydrogens (tertiary/aromatic N) is 4. The number of aromatic nitrogens is 4. The Labute approximate surface area is 227 Å². The van der Waals surface area contributed by atoms with E-state index < -0.39 is 11.1 Å². The van der Waals surface area contributed by atoms with Crippen molar-refractivity contribution in [2.45, 2.75) is 31.4 Å². The van der Waals surface area contributed by atoms with Gasteiger partial charge in [0.1, 0.15) is 0 Å². The summed E-state index contributed by atoms with van der Waals surface area (Å²) in [6.45, 7) is 2.28. The van der Waals surface area contributed by atoms with Crippen molar-refractivity contribution in [1.29, 1.82) is 0 Å². The lowest BCUT2D eigenvalue weighted by atomic mass is 9.49. The molecule has 2 heterocycles. The zero-order valence-corrected chi connectivity index (χ0v) is 21.3. The molecule has 0 bridgehead atoms. The van der Waals surface area contributed by atoms with Crippen molar-refractivity contribution in [2.75, 3.05) is 24.3 Å². The lowest BCUT2D eigenvalue weighted by Gasteiger charge is -2.23. The highest BCUT2D eigenvalue weighted by Crippen LogP contribution is 2.38. The molecule has 4 N–H and O–H groups in total. The fourth-order valence-corrected chi connectivity index (χ4v) is 3.55. The summed E-state index contributed by atoms with van der Waals surface area (Å²) in [5.74, 6) is -0.644. The van der Waals surface area contributed by atoms with Gasteiger partial charge in [-0.05, 0) is 31.9 Å². The molecule has 1 aromatic carbocycles. The van der Waals surface area contributed by atoms with Crippen molar-refractivity contribution in [3.8, 4) is 17.2 Å². The molecule has 39 heavy (non-hydrogen) atoms. The maximum absolute atomic E-state index is 12.8. The number of methoxy groups -OCH3 is 1. The minimum absolute atomic E-state index is 0.0565. The van der Waals surface area contributed by atoms with Gasteiger partial charge in [-0.15, -0.1) is 10.2 Å². The maximum Gasteiger partial charge on any atom is 0.272 e. The minimum Gasteiger partial charge on any atom is -0.494 e. The first-order valence-electron chi connectivity index (χ1n) is 12.0.